The van der Waals surface area contributed by atoms with Gasteiger partial charge in [-0.1, -0.05) is 44.5 Å². The molecule has 0 N–H and O–H groups in total. The third kappa shape index (κ3) is 7.26. The van der Waals surface area contributed by atoms with Crippen LogP contribution in [-0.4, -0.2) is 24.5 Å². The number of allylic oxidation sites excluding steroid dienone is 1. The number of likely N-dealkylation sites (tertiary alicyclic amines) is 1. The zero-order valence-electron chi connectivity index (χ0n) is 15.0. The second-order valence-corrected chi connectivity index (χ2v) is 6.45. The average molecular weight is 302 g/mol. The first-order chi connectivity index (χ1) is 10.7. The van der Waals surface area contributed by atoms with E-state index in [1.54, 1.807) is 0 Å². The van der Waals surface area contributed by atoms with Gasteiger partial charge in [0.15, 0.2) is 0 Å². The SMILES string of the molecule is C=CCCc1cc(CCCN2CCCC2)ccc1C.CCC. The van der Waals surface area contributed by atoms with Gasteiger partial charge in [0.1, 0.15) is 0 Å². The molecule has 0 aromatic heterocycles. The van der Waals surface area contributed by atoms with E-state index < -0.39 is 0 Å². The molecular weight excluding hydrogens is 266 g/mol. The molecule has 0 amide bonds. The van der Waals surface area contributed by atoms with Gasteiger partial charge in [-0.25, -0.2) is 0 Å². The molecule has 0 aliphatic carbocycles. The topological polar surface area (TPSA) is 3.24 Å². The fourth-order valence-electron chi connectivity index (χ4n) is 2.92. The Labute approximate surface area is 138 Å². The number of benzene rings is 1. The Morgan fingerprint density at radius 1 is 1.14 bits per heavy atom. The van der Waals surface area contributed by atoms with Gasteiger partial charge in [0.2, 0.25) is 0 Å². The second kappa shape index (κ2) is 11.5. The van der Waals surface area contributed by atoms with Gasteiger partial charge in [-0.3, -0.25) is 0 Å². The summed E-state index contributed by atoms with van der Waals surface area (Å²) in [6, 6.07) is 6.99. The maximum absolute atomic E-state index is 3.82. The van der Waals surface area contributed by atoms with Gasteiger partial charge in [-0.2, -0.15) is 0 Å². The van der Waals surface area contributed by atoms with E-state index in [2.05, 4.69) is 50.4 Å². The lowest BCUT2D eigenvalue weighted by molar-refractivity contribution is 0.334. The number of rotatable bonds is 7. The van der Waals surface area contributed by atoms with Crippen molar-refractivity contribution in [2.24, 2.45) is 0 Å². The summed E-state index contributed by atoms with van der Waals surface area (Å²) in [7, 11) is 0. The number of hydrogen-bond donors (Lipinski definition) is 0. The lowest BCUT2D eigenvalue weighted by Crippen LogP contribution is -2.20. The van der Waals surface area contributed by atoms with Crippen LogP contribution in [-0.2, 0) is 12.8 Å². The Morgan fingerprint density at radius 2 is 1.82 bits per heavy atom. The molecule has 0 unspecified atom stereocenters. The van der Waals surface area contributed by atoms with Crippen molar-refractivity contribution >= 4 is 0 Å². The molecule has 2 rings (SSSR count). The second-order valence-electron chi connectivity index (χ2n) is 6.45. The summed E-state index contributed by atoms with van der Waals surface area (Å²) in [5.41, 5.74) is 4.42. The molecule has 1 aliphatic heterocycles. The van der Waals surface area contributed by atoms with Crippen LogP contribution < -0.4 is 0 Å². The summed E-state index contributed by atoms with van der Waals surface area (Å²) < 4.78 is 0. The minimum Gasteiger partial charge on any atom is -0.303 e. The normalized spacial score (nSPS) is 14.5. The van der Waals surface area contributed by atoms with Gasteiger partial charge in [-0.05, 0) is 81.8 Å². The largest absolute Gasteiger partial charge is 0.303 e. The minimum atomic E-state index is 1.08. The molecule has 1 aromatic carbocycles. The van der Waals surface area contributed by atoms with E-state index in [9.17, 15) is 0 Å². The van der Waals surface area contributed by atoms with E-state index >= 15 is 0 Å². The Morgan fingerprint density at radius 3 is 2.45 bits per heavy atom. The van der Waals surface area contributed by atoms with Crippen LogP contribution in [0, 0.1) is 6.92 Å². The quantitative estimate of drug-likeness (QED) is 0.596. The minimum absolute atomic E-state index is 1.08. The lowest BCUT2D eigenvalue weighted by Gasteiger charge is -2.14. The van der Waals surface area contributed by atoms with Crippen molar-refractivity contribution in [3.63, 3.8) is 0 Å². The molecule has 22 heavy (non-hydrogen) atoms. The molecule has 1 fully saturated rings. The van der Waals surface area contributed by atoms with Crippen molar-refractivity contribution in [3.8, 4) is 0 Å². The molecule has 0 radical (unpaired) electrons. The summed E-state index contributed by atoms with van der Waals surface area (Å²) in [5.74, 6) is 0. The molecule has 1 saturated heterocycles. The fraction of sp³-hybridized carbons (Fsp3) is 0.619. The summed E-state index contributed by atoms with van der Waals surface area (Å²) >= 11 is 0. The van der Waals surface area contributed by atoms with Crippen LogP contribution in [0.3, 0.4) is 0 Å². The maximum atomic E-state index is 3.82. The molecule has 1 aliphatic rings. The zero-order chi connectivity index (χ0) is 16.2. The van der Waals surface area contributed by atoms with Gasteiger partial charge in [0.25, 0.3) is 0 Å². The van der Waals surface area contributed by atoms with E-state index in [0.29, 0.717) is 0 Å². The predicted molar refractivity (Wildman–Crippen MR) is 99.7 cm³/mol. The molecule has 1 heteroatoms. The van der Waals surface area contributed by atoms with Crippen LogP contribution in [0.5, 0.6) is 0 Å². The first-order valence-corrected chi connectivity index (χ1v) is 9.12. The Kier molecular flexibility index (Phi) is 9.90. The number of hydrogen-bond acceptors (Lipinski definition) is 1. The average Bonchev–Trinajstić information content (AvgIpc) is 3.02. The molecule has 1 aromatic rings. The van der Waals surface area contributed by atoms with E-state index in [4.69, 9.17) is 0 Å². The van der Waals surface area contributed by atoms with Crippen LogP contribution in [0.15, 0.2) is 30.9 Å². The van der Waals surface area contributed by atoms with Gasteiger partial charge in [0.05, 0.1) is 0 Å². The van der Waals surface area contributed by atoms with Crippen molar-refractivity contribution in [3.05, 3.63) is 47.5 Å². The first kappa shape index (κ1) is 19.0. The Bertz CT molecular complexity index is 416. The van der Waals surface area contributed by atoms with E-state index in [0.717, 1.165) is 12.8 Å². The van der Waals surface area contributed by atoms with Crippen molar-refractivity contribution < 1.29 is 0 Å². The lowest BCUT2D eigenvalue weighted by atomic mass is 9.99. The molecule has 1 heterocycles. The zero-order valence-corrected chi connectivity index (χ0v) is 15.0. The first-order valence-electron chi connectivity index (χ1n) is 9.12. The standard InChI is InChI=1S/C18H27N.C3H8/c1-3-4-9-18-15-17(11-10-16(18)2)8-7-14-19-12-5-6-13-19;1-3-2/h3,10-11,15H,1,4-9,12-14H2,2H3;3H2,1-2H3. The number of aryl methyl sites for hydroxylation is 3. The van der Waals surface area contributed by atoms with Gasteiger partial charge < -0.3 is 4.90 Å². The molecule has 1 nitrogen and oxygen atoms in total. The van der Waals surface area contributed by atoms with Crippen LogP contribution in [0.4, 0.5) is 0 Å². The van der Waals surface area contributed by atoms with Crippen molar-refractivity contribution in [1.82, 2.24) is 4.90 Å². The smallest absolute Gasteiger partial charge is 0.00156 e. The third-order valence-corrected chi connectivity index (χ3v) is 4.17. The predicted octanol–water partition coefficient (Wildman–Crippen LogP) is 5.56. The van der Waals surface area contributed by atoms with E-state index in [1.807, 2.05) is 6.08 Å². The summed E-state index contributed by atoms with van der Waals surface area (Å²) in [4.78, 5) is 2.60. The van der Waals surface area contributed by atoms with Crippen molar-refractivity contribution in [1.29, 1.82) is 0 Å². The fourth-order valence-corrected chi connectivity index (χ4v) is 2.92. The summed E-state index contributed by atoms with van der Waals surface area (Å²) in [6.07, 6.45) is 10.8. The van der Waals surface area contributed by atoms with Gasteiger partial charge in [0, 0.05) is 0 Å². The molecule has 0 atom stereocenters. The van der Waals surface area contributed by atoms with Crippen molar-refractivity contribution in [2.45, 2.75) is 65.7 Å². The van der Waals surface area contributed by atoms with E-state index in [1.165, 1.54) is 68.4 Å². The maximum Gasteiger partial charge on any atom is -0.00156 e. The van der Waals surface area contributed by atoms with Gasteiger partial charge >= 0.3 is 0 Å². The Hall–Kier alpha value is -1.08. The van der Waals surface area contributed by atoms with Crippen LogP contribution in [0.2, 0.25) is 0 Å². The highest BCUT2D eigenvalue weighted by atomic mass is 15.1. The summed E-state index contributed by atoms with van der Waals surface area (Å²) in [5, 5.41) is 0. The van der Waals surface area contributed by atoms with Gasteiger partial charge in [-0.15, -0.1) is 6.58 Å². The number of nitrogens with zero attached hydrogens (tertiary/aromatic N) is 1. The Balaban J connectivity index is 0.000000745. The van der Waals surface area contributed by atoms with Crippen molar-refractivity contribution in [2.75, 3.05) is 19.6 Å². The van der Waals surface area contributed by atoms with E-state index in [-0.39, 0.29) is 0 Å². The van der Waals surface area contributed by atoms with Crippen LogP contribution >= 0.6 is 0 Å². The highest BCUT2D eigenvalue weighted by molar-refractivity contribution is 5.31. The van der Waals surface area contributed by atoms with Crippen LogP contribution in [0.1, 0.15) is 62.6 Å². The highest BCUT2D eigenvalue weighted by Crippen LogP contribution is 2.16. The molecule has 124 valence electrons. The molecule has 0 saturated carbocycles. The molecule has 0 bridgehead atoms. The third-order valence-electron chi connectivity index (χ3n) is 4.17. The molecular formula is C21H35N. The molecule has 0 spiro atoms. The monoisotopic (exact) mass is 301 g/mol. The highest BCUT2D eigenvalue weighted by Gasteiger charge is 2.10. The summed E-state index contributed by atoms with van der Waals surface area (Å²) in [6.45, 7) is 14.2. The van der Waals surface area contributed by atoms with Crippen LogP contribution in [0.25, 0.3) is 0 Å².